The number of rotatable bonds is 2. The molecule has 0 spiro atoms. The van der Waals surface area contributed by atoms with Crippen molar-refractivity contribution in [2.75, 3.05) is 19.8 Å². The maximum absolute atomic E-state index is 13.0. The van der Waals surface area contributed by atoms with E-state index >= 15 is 0 Å². The van der Waals surface area contributed by atoms with Crippen LogP contribution in [-0.4, -0.2) is 19.8 Å². The summed E-state index contributed by atoms with van der Waals surface area (Å²) < 4.78 is 49.7. The SMILES string of the molecule is NCC1(c2ccccc2C(F)(F)F)OCCCO1. The second-order valence-corrected chi connectivity index (χ2v) is 4.05. The summed E-state index contributed by atoms with van der Waals surface area (Å²) in [5.41, 5.74) is 4.74. The summed E-state index contributed by atoms with van der Waals surface area (Å²) in [6.45, 7) is 0.521. The van der Waals surface area contributed by atoms with Crippen LogP contribution in [0.1, 0.15) is 17.5 Å². The molecule has 0 aliphatic carbocycles. The average Bonchev–Trinajstić information content (AvgIpc) is 2.38. The molecule has 1 aromatic rings. The molecule has 100 valence electrons. The van der Waals surface area contributed by atoms with Crippen molar-refractivity contribution in [3.05, 3.63) is 35.4 Å². The summed E-state index contributed by atoms with van der Waals surface area (Å²) >= 11 is 0. The number of hydrogen-bond acceptors (Lipinski definition) is 3. The van der Waals surface area contributed by atoms with Gasteiger partial charge in [-0.05, 0) is 12.5 Å². The minimum Gasteiger partial charge on any atom is -0.345 e. The number of alkyl halides is 3. The van der Waals surface area contributed by atoms with E-state index in [-0.39, 0.29) is 12.1 Å². The Morgan fingerprint density at radius 3 is 2.33 bits per heavy atom. The molecule has 0 amide bonds. The highest BCUT2D eigenvalue weighted by Gasteiger charge is 2.43. The minimum absolute atomic E-state index is 0.0558. The van der Waals surface area contributed by atoms with Gasteiger partial charge in [0.25, 0.3) is 0 Å². The zero-order valence-electron chi connectivity index (χ0n) is 9.67. The molecule has 2 rings (SSSR count). The quantitative estimate of drug-likeness (QED) is 0.888. The molecule has 0 atom stereocenters. The Bertz CT molecular complexity index is 414. The first-order valence-electron chi connectivity index (χ1n) is 5.64. The average molecular weight is 261 g/mol. The Morgan fingerprint density at radius 2 is 1.78 bits per heavy atom. The highest BCUT2D eigenvalue weighted by Crippen LogP contribution is 2.39. The van der Waals surface area contributed by atoms with Crippen LogP contribution in [-0.2, 0) is 21.4 Å². The topological polar surface area (TPSA) is 44.5 Å². The van der Waals surface area contributed by atoms with E-state index in [0.29, 0.717) is 19.6 Å². The van der Waals surface area contributed by atoms with Crippen molar-refractivity contribution in [1.29, 1.82) is 0 Å². The zero-order chi connectivity index (χ0) is 13.2. The molecule has 1 aliphatic rings. The third-order valence-corrected chi connectivity index (χ3v) is 2.87. The van der Waals surface area contributed by atoms with E-state index in [1.807, 2.05) is 0 Å². The van der Waals surface area contributed by atoms with Gasteiger partial charge in [0.15, 0.2) is 0 Å². The van der Waals surface area contributed by atoms with Gasteiger partial charge in [0.1, 0.15) is 0 Å². The smallest absolute Gasteiger partial charge is 0.345 e. The molecule has 1 fully saturated rings. The predicted molar refractivity (Wildman–Crippen MR) is 58.7 cm³/mol. The van der Waals surface area contributed by atoms with Gasteiger partial charge >= 0.3 is 6.18 Å². The number of benzene rings is 1. The third-order valence-electron chi connectivity index (χ3n) is 2.87. The summed E-state index contributed by atoms with van der Waals surface area (Å²) in [5.74, 6) is -1.48. The van der Waals surface area contributed by atoms with Crippen molar-refractivity contribution in [3.63, 3.8) is 0 Å². The summed E-state index contributed by atoms with van der Waals surface area (Å²) in [6.07, 6.45) is -3.81. The van der Waals surface area contributed by atoms with Gasteiger partial charge < -0.3 is 15.2 Å². The Hall–Kier alpha value is -1.11. The van der Waals surface area contributed by atoms with Crippen molar-refractivity contribution in [2.45, 2.75) is 18.4 Å². The van der Waals surface area contributed by atoms with Crippen LogP contribution in [0.2, 0.25) is 0 Å². The van der Waals surface area contributed by atoms with Crippen LogP contribution in [0.15, 0.2) is 24.3 Å². The second-order valence-electron chi connectivity index (χ2n) is 4.05. The Morgan fingerprint density at radius 1 is 1.17 bits per heavy atom. The van der Waals surface area contributed by atoms with Crippen molar-refractivity contribution in [3.8, 4) is 0 Å². The second kappa shape index (κ2) is 4.87. The van der Waals surface area contributed by atoms with Crippen molar-refractivity contribution in [1.82, 2.24) is 0 Å². The predicted octanol–water partition coefficient (Wildman–Crippen LogP) is 2.25. The fourth-order valence-corrected chi connectivity index (χ4v) is 2.02. The Balaban J connectivity index is 2.48. The van der Waals surface area contributed by atoms with E-state index in [0.717, 1.165) is 6.07 Å². The molecule has 1 saturated heterocycles. The van der Waals surface area contributed by atoms with Crippen LogP contribution < -0.4 is 5.73 Å². The molecule has 0 unspecified atom stereocenters. The van der Waals surface area contributed by atoms with Gasteiger partial charge in [-0.15, -0.1) is 0 Å². The monoisotopic (exact) mass is 261 g/mol. The molecule has 3 nitrogen and oxygen atoms in total. The molecule has 1 heterocycles. The van der Waals surface area contributed by atoms with E-state index in [2.05, 4.69) is 0 Å². The molecule has 18 heavy (non-hydrogen) atoms. The van der Waals surface area contributed by atoms with Crippen LogP contribution in [0.3, 0.4) is 0 Å². The molecule has 0 aromatic heterocycles. The van der Waals surface area contributed by atoms with Crippen LogP contribution >= 0.6 is 0 Å². The molecule has 0 saturated carbocycles. The first-order chi connectivity index (χ1) is 8.49. The number of nitrogens with two attached hydrogens (primary N) is 1. The van der Waals surface area contributed by atoms with Gasteiger partial charge in [0.05, 0.1) is 25.3 Å². The van der Waals surface area contributed by atoms with Gasteiger partial charge in [-0.3, -0.25) is 0 Å². The lowest BCUT2D eigenvalue weighted by atomic mass is 9.98. The van der Waals surface area contributed by atoms with Crippen molar-refractivity contribution >= 4 is 0 Å². The molecular formula is C12H14F3NO2. The van der Waals surface area contributed by atoms with E-state index in [9.17, 15) is 13.2 Å². The molecule has 1 aromatic carbocycles. The number of ether oxygens (including phenoxy) is 2. The fraction of sp³-hybridized carbons (Fsp3) is 0.500. The maximum atomic E-state index is 13.0. The Kier molecular flexibility index (Phi) is 3.61. The third kappa shape index (κ3) is 2.36. The van der Waals surface area contributed by atoms with Gasteiger partial charge in [-0.2, -0.15) is 13.2 Å². The van der Waals surface area contributed by atoms with E-state index in [1.165, 1.54) is 18.2 Å². The Labute approximate surface area is 103 Å². The van der Waals surface area contributed by atoms with Crippen molar-refractivity contribution in [2.24, 2.45) is 5.73 Å². The van der Waals surface area contributed by atoms with Gasteiger partial charge in [0, 0.05) is 5.56 Å². The highest BCUT2D eigenvalue weighted by molar-refractivity contribution is 5.34. The van der Waals surface area contributed by atoms with Gasteiger partial charge in [-0.1, -0.05) is 18.2 Å². The van der Waals surface area contributed by atoms with E-state index in [4.69, 9.17) is 15.2 Å². The molecule has 2 N–H and O–H groups in total. The zero-order valence-corrected chi connectivity index (χ0v) is 9.67. The lowest BCUT2D eigenvalue weighted by Gasteiger charge is -2.37. The van der Waals surface area contributed by atoms with E-state index < -0.39 is 17.5 Å². The molecule has 0 bridgehead atoms. The molecular weight excluding hydrogens is 247 g/mol. The first kappa shape index (κ1) is 13.3. The largest absolute Gasteiger partial charge is 0.416 e. The van der Waals surface area contributed by atoms with Crippen LogP contribution in [0.25, 0.3) is 0 Å². The summed E-state index contributed by atoms with van der Waals surface area (Å²) in [5, 5.41) is 0. The first-order valence-corrected chi connectivity index (χ1v) is 5.64. The van der Waals surface area contributed by atoms with Gasteiger partial charge in [-0.25, -0.2) is 0 Å². The number of hydrogen-bond donors (Lipinski definition) is 1. The summed E-state index contributed by atoms with van der Waals surface area (Å²) in [6, 6.07) is 5.21. The maximum Gasteiger partial charge on any atom is 0.416 e. The lowest BCUT2D eigenvalue weighted by molar-refractivity contribution is -0.272. The minimum atomic E-state index is -4.46. The fourth-order valence-electron chi connectivity index (χ4n) is 2.02. The van der Waals surface area contributed by atoms with E-state index in [1.54, 1.807) is 0 Å². The normalized spacial score (nSPS) is 19.8. The molecule has 1 aliphatic heterocycles. The standard InChI is InChI=1S/C12H14F3NO2/c13-12(14,15)10-5-2-1-4-9(10)11(8-16)17-6-3-7-18-11/h1-2,4-5H,3,6-8,16H2. The summed E-state index contributed by atoms with van der Waals surface area (Å²) in [7, 11) is 0. The molecule has 6 heteroatoms. The van der Waals surface area contributed by atoms with Crippen LogP contribution in [0, 0.1) is 0 Å². The highest BCUT2D eigenvalue weighted by atomic mass is 19.4. The lowest BCUT2D eigenvalue weighted by Crippen LogP contribution is -2.45. The van der Waals surface area contributed by atoms with Gasteiger partial charge in [0.2, 0.25) is 5.79 Å². The molecule has 0 radical (unpaired) electrons. The van der Waals surface area contributed by atoms with Crippen LogP contribution in [0.5, 0.6) is 0 Å². The number of halogens is 3. The van der Waals surface area contributed by atoms with Crippen LogP contribution in [0.4, 0.5) is 13.2 Å². The summed E-state index contributed by atoms with van der Waals surface area (Å²) in [4.78, 5) is 0. The van der Waals surface area contributed by atoms with Crippen molar-refractivity contribution < 1.29 is 22.6 Å².